The molecule has 0 radical (unpaired) electrons. The number of thioether (sulfide) groups is 1. The van der Waals surface area contributed by atoms with Crippen LogP contribution in [-0.4, -0.2) is 26.5 Å². The quantitative estimate of drug-likeness (QED) is 0.258. The predicted molar refractivity (Wildman–Crippen MR) is 161 cm³/mol. The highest BCUT2D eigenvalue weighted by atomic mass is 35.5. The molecule has 1 saturated heterocycles. The van der Waals surface area contributed by atoms with Gasteiger partial charge >= 0.3 is 0 Å². The van der Waals surface area contributed by atoms with E-state index in [-0.39, 0.29) is 30.4 Å². The van der Waals surface area contributed by atoms with Crippen LogP contribution in [0.15, 0.2) is 52.2 Å². The highest BCUT2D eigenvalue weighted by Gasteiger charge is 2.33. The van der Waals surface area contributed by atoms with Crippen LogP contribution in [0.3, 0.4) is 0 Å². The Morgan fingerprint density at radius 1 is 1.20 bits per heavy atom. The van der Waals surface area contributed by atoms with Crippen LogP contribution in [0.1, 0.15) is 41.2 Å². The van der Waals surface area contributed by atoms with Gasteiger partial charge in [0.15, 0.2) is 11.5 Å². The van der Waals surface area contributed by atoms with E-state index in [2.05, 4.69) is 11.4 Å². The molecule has 0 spiro atoms. The number of amides is 1. The first-order valence-corrected chi connectivity index (χ1v) is 14.2. The summed E-state index contributed by atoms with van der Waals surface area (Å²) < 4.78 is 12.8. The highest BCUT2D eigenvalue weighted by Crippen LogP contribution is 2.38. The standard InChI is InChI=1S/C29H25ClN4O4S2/c1-3-10-33-26(32-14-19-6-4-5-7-22(19)30)20(17(2)21(13-31)27(33)35)12-25-28(36)34(29(39)40-25)15-18-8-9-23-24(11-18)38-16-37-23/h4-9,11-12,32H,3,10,14-16H2,1-2H3/b25-12+. The van der Waals surface area contributed by atoms with E-state index in [1.165, 1.54) is 16.7 Å². The Morgan fingerprint density at radius 3 is 2.73 bits per heavy atom. The number of aromatic nitrogens is 1. The van der Waals surface area contributed by atoms with Crippen LogP contribution in [0, 0.1) is 18.3 Å². The molecule has 40 heavy (non-hydrogen) atoms. The number of carbonyl (C=O) groups excluding carboxylic acids is 1. The zero-order valence-electron chi connectivity index (χ0n) is 21.8. The van der Waals surface area contributed by atoms with Crippen molar-refractivity contribution >= 4 is 57.7 Å². The molecule has 0 aliphatic carbocycles. The summed E-state index contributed by atoms with van der Waals surface area (Å²) in [5.41, 5.74) is 2.43. The second kappa shape index (κ2) is 11.8. The summed E-state index contributed by atoms with van der Waals surface area (Å²) in [6, 6.07) is 15.0. The molecule has 2 aliphatic heterocycles. The average Bonchev–Trinajstić information content (AvgIpc) is 3.51. The fourth-order valence-corrected chi connectivity index (χ4v) is 6.04. The Labute approximate surface area is 246 Å². The minimum Gasteiger partial charge on any atom is -0.454 e. The predicted octanol–water partition coefficient (Wildman–Crippen LogP) is 5.83. The number of nitrogens with zero attached hydrogens (tertiary/aromatic N) is 3. The van der Waals surface area contributed by atoms with Crippen LogP contribution < -0.4 is 20.3 Å². The molecule has 1 fully saturated rings. The maximum absolute atomic E-state index is 13.6. The number of ether oxygens (including phenoxy) is 2. The number of halogens is 1. The van der Waals surface area contributed by atoms with Gasteiger partial charge in [-0.15, -0.1) is 0 Å². The molecule has 0 atom stereocenters. The minimum absolute atomic E-state index is 0.0406. The second-order valence-corrected chi connectivity index (χ2v) is 11.3. The second-order valence-electron chi connectivity index (χ2n) is 9.23. The zero-order valence-corrected chi connectivity index (χ0v) is 24.2. The van der Waals surface area contributed by atoms with E-state index >= 15 is 0 Å². The molecule has 3 heterocycles. The number of fused-ring (bicyclic) bond motifs is 1. The Balaban J connectivity index is 1.53. The first-order chi connectivity index (χ1) is 19.3. The van der Waals surface area contributed by atoms with Crippen molar-refractivity contribution in [3.05, 3.63) is 90.6 Å². The minimum atomic E-state index is -0.379. The highest BCUT2D eigenvalue weighted by molar-refractivity contribution is 8.26. The number of rotatable bonds is 8. The number of anilines is 1. The lowest BCUT2D eigenvalue weighted by Gasteiger charge is -2.20. The fourth-order valence-electron chi connectivity index (χ4n) is 4.60. The van der Waals surface area contributed by atoms with Gasteiger partial charge in [0.25, 0.3) is 11.5 Å². The van der Waals surface area contributed by atoms with E-state index in [4.69, 9.17) is 33.3 Å². The Kier molecular flexibility index (Phi) is 8.17. The van der Waals surface area contributed by atoms with Crippen LogP contribution in [0.5, 0.6) is 11.5 Å². The van der Waals surface area contributed by atoms with Gasteiger partial charge in [0.1, 0.15) is 21.8 Å². The number of hydrogen-bond acceptors (Lipinski definition) is 8. The summed E-state index contributed by atoms with van der Waals surface area (Å²) in [5, 5.41) is 13.8. The van der Waals surface area contributed by atoms with Crippen LogP contribution in [0.4, 0.5) is 5.82 Å². The number of hydrogen-bond donors (Lipinski definition) is 1. The summed E-state index contributed by atoms with van der Waals surface area (Å²) in [5.74, 6) is 1.56. The monoisotopic (exact) mass is 592 g/mol. The summed E-state index contributed by atoms with van der Waals surface area (Å²) in [7, 11) is 0. The van der Waals surface area contributed by atoms with E-state index in [0.717, 1.165) is 11.1 Å². The van der Waals surface area contributed by atoms with Crippen molar-refractivity contribution in [3.8, 4) is 17.6 Å². The first kappa shape index (κ1) is 27.8. The Hall–Kier alpha value is -3.78. The molecule has 0 bridgehead atoms. The van der Waals surface area contributed by atoms with Gasteiger partial charge in [-0.1, -0.05) is 66.8 Å². The molecule has 11 heteroatoms. The molecule has 8 nitrogen and oxygen atoms in total. The maximum Gasteiger partial charge on any atom is 0.270 e. The molecular weight excluding hydrogens is 568 g/mol. The number of nitrogens with one attached hydrogen (secondary N) is 1. The lowest BCUT2D eigenvalue weighted by Crippen LogP contribution is -2.28. The van der Waals surface area contributed by atoms with Gasteiger partial charge < -0.3 is 14.8 Å². The third-order valence-electron chi connectivity index (χ3n) is 6.65. The smallest absolute Gasteiger partial charge is 0.270 e. The van der Waals surface area contributed by atoms with Gasteiger partial charge in [-0.2, -0.15) is 5.26 Å². The lowest BCUT2D eigenvalue weighted by molar-refractivity contribution is -0.122. The largest absolute Gasteiger partial charge is 0.454 e. The first-order valence-electron chi connectivity index (χ1n) is 12.6. The maximum atomic E-state index is 13.6. The molecule has 1 aromatic heterocycles. The van der Waals surface area contributed by atoms with E-state index in [9.17, 15) is 14.9 Å². The van der Waals surface area contributed by atoms with Crippen molar-refractivity contribution in [1.29, 1.82) is 5.26 Å². The van der Waals surface area contributed by atoms with Crippen molar-refractivity contribution < 1.29 is 14.3 Å². The summed E-state index contributed by atoms with van der Waals surface area (Å²) >= 11 is 13.1. The third kappa shape index (κ3) is 5.32. The van der Waals surface area contributed by atoms with Crippen LogP contribution in [-0.2, 0) is 24.4 Å². The van der Waals surface area contributed by atoms with Gasteiger partial charge in [0, 0.05) is 23.7 Å². The molecule has 3 aromatic rings. The van der Waals surface area contributed by atoms with E-state index in [0.29, 0.717) is 62.2 Å². The van der Waals surface area contributed by atoms with Gasteiger partial charge in [-0.25, -0.2) is 0 Å². The molecule has 0 saturated carbocycles. The molecular formula is C29H25ClN4O4S2. The zero-order chi connectivity index (χ0) is 28.4. The van der Waals surface area contributed by atoms with Crippen molar-refractivity contribution in [2.45, 2.75) is 39.9 Å². The third-order valence-corrected chi connectivity index (χ3v) is 8.40. The number of benzene rings is 2. The number of pyridine rings is 1. The van der Waals surface area contributed by atoms with Crippen molar-refractivity contribution in [2.75, 3.05) is 12.1 Å². The summed E-state index contributed by atoms with van der Waals surface area (Å²) in [4.78, 5) is 28.8. The Morgan fingerprint density at radius 2 is 1.98 bits per heavy atom. The van der Waals surface area contributed by atoms with Crippen molar-refractivity contribution in [3.63, 3.8) is 0 Å². The molecule has 2 aliphatic rings. The SMILES string of the molecule is CCCn1c(NCc2ccccc2Cl)c(/C=C2/SC(=S)N(Cc3ccc4c(c3)OCO4)C2=O)c(C)c(C#N)c1=O. The Bertz CT molecular complexity index is 1660. The van der Waals surface area contributed by atoms with Crippen molar-refractivity contribution in [2.24, 2.45) is 0 Å². The van der Waals surface area contributed by atoms with E-state index in [1.807, 2.05) is 43.3 Å². The molecule has 5 rings (SSSR count). The topological polar surface area (TPSA) is 96.6 Å². The van der Waals surface area contributed by atoms with Crippen LogP contribution >= 0.6 is 35.6 Å². The van der Waals surface area contributed by atoms with Gasteiger partial charge in [-0.05, 0) is 54.3 Å². The molecule has 2 aromatic carbocycles. The molecule has 1 N–H and O–H groups in total. The molecule has 204 valence electrons. The van der Waals surface area contributed by atoms with Crippen LogP contribution in [0.25, 0.3) is 6.08 Å². The van der Waals surface area contributed by atoms with Gasteiger partial charge in [-0.3, -0.25) is 19.1 Å². The van der Waals surface area contributed by atoms with Crippen molar-refractivity contribution in [1.82, 2.24) is 9.47 Å². The van der Waals surface area contributed by atoms with Gasteiger partial charge in [0.2, 0.25) is 6.79 Å². The number of nitriles is 1. The number of thiocarbonyl (C=S) groups is 1. The fraction of sp³-hybridized carbons (Fsp3) is 0.241. The summed E-state index contributed by atoms with van der Waals surface area (Å²) in [6.45, 7) is 4.85. The van der Waals surface area contributed by atoms with Crippen LogP contribution in [0.2, 0.25) is 5.02 Å². The number of carbonyl (C=O) groups is 1. The van der Waals surface area contributed by atoms with E-state index in [1.54, 1.807) is 23.6 Å². The molecule has 0 unspecified atom stereocenters. The lowest BCUT2D eigenvalue weighted by atomic mass is 10.0. The normalized spacial score (nSPS) is 15.2. The van der Waals surface area contributed by atoms with Gasteiger partial charge in [0.05, 0.1) is 11.4 Å². The molecule has 1 amide bonds. The average molecular weight is 593 g/mol. The summed E-state index contributed by atoms with van der Waals surface area (Å²) in [6.07, 6.45) is 2.39. The van der Waals surface area contributed by atoms with E-state index < -0.39 is 0 Å².